The molecule has 2 heteroatoms. The van der Waals surface area contributed by atoms with E-state index in [9.17, 15) is 0 Å². The highest BCUT2D eigenvalue weighted by molar-refractivity contribution is 5.02. The zero-order valence-corrected chi connectivity index (χ0v) is 9.89. The molecule has 0 amide bonds. The Kier molecular flexibility index (Phi) is 5.14. The van der Waals surface area contributed by atoms with Crippen molar-refractivity contribution in [1.29, 1.82) is 0 Å². The molecule has 1 rings (SSSR count). The van der Waals surface area contributed by atoms with Crippen molar-refractivity contribution in [3.05, 3.63) is 0 Å². The summed E-state index contributed by atoms with van der Waals surface area (Å²) in [4.78, 5) is 0. The molecule has 1 fully saturated rings. The molecule has 1 saturated carbocycles. The van der Waals surface area contributed by atoms with Crippen LogP contribution in [0.2, 0.25) is 0 Å². The van der Waals surface area contributed by atoms with Gasteiger partial charge in [0.1, 0.15) is 0 Å². The summed E-state index contributed by atoms with van der Waals surface area (Å²) in [7, 11) is 0. The molecule has 1 aliphatic carbocycles. The quantitative estimate of drug-likeness (QED) is 0.697. The van der Waals surface area contributed by atoms with E-state index in [1.807, 2.05) is 6.92 Å². The van der Waals surface area contributed by atoms with Crippen molar-refractivity contribution in [2.45, 2.75) is 63.5 Å². The molecule has 1 unspecified atom stereocenters. The van der Waals surface area contributed by atoms with Crippen LogP contribution in [0.3, 0.4) is 0 Å². The monoisotopic (exact) mass is 208 g/mol. The van der Waals surface area contributed by atoms with Crippen LogP contribution < -0.4 is 11.1 Å². The molecule has 0 aromatic carbocycles. The van der Waals surface area contributed by atoms with Crippen molar-refractivity contribution in [3.8, 4) is 12.3 Å². The van der Waals surface area contributed by atoms with E-state index in [0.717, 1.165) is 0 Å². The fraction of sp³-hybridized carbons (Fsp3) is 0.846. The van der Waals surface area contributed by atoms with Gasteiger partial charge in [-0.25, -0.2) is 0 Å². The topological polar surface area (TPSA) is 38.0 Å². The van der Waals surface area contributed by atoms with E-state index in [-0.39, 0.29) is 11.6 Å². The zero-order chi connectivity index (χ0) is 11.1. The van der Waals surface area contributed by atoms with Gasteiger partial charge in [0.05, 0.1) is 6.04 Å². The Morgan fingerprint density at radius 1 is 1.27 bits per heavy atom. The molecular formula is C13H24N2. The second kappa shape index (κ2) is 6.15. The van der Waals surface area contributed by atoms with Gasteiger partial charge in [-0.15, -0.1) is 6.42 Å². The van der Waals surface area contributed by atoms with Gasteiger partial charge < -0.3 is 5.73 Å². The number of rotatable bonds is 3. The minimum atomic E-state index is 0.103. The maximum atomic E-state index is 5.93. The van der Waals surface area contributed by atoms with Gasteiger partial charge in [-0.1, -0.05) is 38.0 Å². The molecular weight excluding hydrogens is 184 g/mol. The van der Waals surface area contributed by atoms with E-state index in [0.29, 0.717) is 6.54 Å². The van der Waals surface area contributed by atoms with Gasteiger partial charge in [-0.2, -0.15) is 0 Å². The third kappa shape index (κ3) is 3.85. The first-order valence-electron chi connectivity index (χ1n) is 6.16. The van der Waals surface area contributed by atoms with Gasteiger partial charge in [0.2, 0.25) is 0 Å². The van der Waals surface area contributed by atoms with Gasteiger partial charge in [0, 0.05) is 12.1 Å². The van der Waals surface area contributed by atoms with Crippen molar-refractivity contribution < 1.29 is 0 Å². The molecule has 0 radical (unpaired) electrons. The van der Waals surface area contributed by atoms with Gasteiger partial charge in [-0.05, 0) is 19.8 Å². The molecule has 0 heterocycles. The Balaban J connectivity index is 2.58. The fourth-order valence-electron chi connectivity index (χ4n) is 2.49. The predicted octanol–water partition coefficient (Wildman–Crippen LogP) is 2.04. The summed E-state index contributed by atoms with van der Waals surface area (Å²) >= 11 is 0. The van der Waals surface area contributed by atoms with Gasteiger partial charge in [-0.3, -0.25) is 5.32 Å². The molecule has 15 heavy (non-hydrogen) atoms. The lowest BCUT2D eigenvalue weighted by Crippen LogP contribution is -2.54. The highest BCUT2D eigenvalue weighted by Gasteiger charge is 2.29. The van der Waals surface area contributed by atoms with Crippen LogP contribution in [-0.2, 0) is 0 Å². The molecule has 0 aromatic heterocycles. The van der Waals surface area contributed by atoms with E-state index in [2.05, 4.69) is 11.2 Å². The molecule has 1 aliphatic rings. The molecule has 86 valence electrons. The summed E-state index contributed by atoms with van der Waals surface area (Å²) < 4.78 is 0. The first kappa shape index (κ1) is 12.5. The summed E-state index contributed by atoms with van der Waals surface area (Å²) in [6.45, 7) is 2.75. The van der Waals surface area contributed by atoms with Crippen molar-refractivity contribution in [2.75, 3.05) is 6.54 Å². The van der Waals surface area contributed by atoms with Crippen molar-refractivity contribution in [1.82, 2.24) is 5.32 Å². The number of nitrogens with one attached hydrogen (secondary N) is 1. The van der Waals surface area contributed by atoms with Crippen LogP contribution in [0.1, 0.15) is 51.9 Å². The number of terminal acetylenes is 1. The molecule has 1 atom stereocenters. The Hall–Kier alpha value is -0.520. The Bertz CT molecular complexity index is 209. The van der Waals surface area contributed by atoms with Crippen LogP contribution >= 0.6 is 0 Å². The van der Waals surface area contributed by atoms with Gasteiger partial charge >= 0.3 is 0 Å². The van der Waals surface area contributed by atoms with E-state index >= 15 is 0 Å². The average molecular weight is 208 g/mol. The highest BCUT2D eigenvalue weighted by atomic mass is 15.0. The molecule has 0 saturated heterocycles. The molecule has 3 N–H and O–H groups in total. The first-order chi connectivity index (χ1) is 7.22. The molecule has 0 bridgehead atoms. The van der Waals surface area contributed by atoms with Crippen molar-refractivity contribution in [3.63, 3.8) is 0 Å². The first-order valence-corrected chi connectivity index (χ1v) is 6.16. The van der Waals surface area contributed by atoms with E-state index < -0.39 is 0 Å². The van der Waals surface area contributed by atoms with Crippen molar-refractivity contribution >= 4 is 0 Å². The minimum Gasteiger partial charge on any atom is -0.329 e. The van der Waals surface area contributed by atoms with Crippen molar-refractivity contribution in [2.24, 2.45) is 5.73 Å². The third-order valence-corrected chi connectivity index (χ3v) is 3.47. The second-order valence-electron chi connectivity index (χ2n) is 4.78. The van der Waals surface area contributed by atoms with Crippen LogP contribution in [-0.4, -0.2) is 18.1 Å². The summed E-state index contributed by atoms with van der Waals surface area (Å²) in [5.74, 6) is 2.74. The Morgan fingerprint density at radius 2 is 1.80 bits per heavy atom. The van der Waals surface area contributed by atoms with Crippen LogP contribution in [0.15, 0.2) is 0 Å². The minimum absolute atomic E-state index is 0.103. The number of hydrogen-bond acceptors (Lipinski definition) is 2. The standard InChI is InChI=1S/C13H24N2/c1-3-12(2)15-13(11-14)9-7-5-4-6-8-10-13/h1,12,15H,4-11,14H2,2H3. The smallest absolute Gasteiger partial charge is 0.0663 e. The Labute approximate surface area is 94.0 Å². The summed E-state index contributed by atoms with van der Waals surface area (Å²) in [6, 6.07) is 0.132. The highest BCUT2D eigenvalue weighted by Crippen LogP contribution is 2.25. The SMILES string of the molecule is C#CC(C)NC1(CN)CCCCCCC1. The van der Waals surface area contributed by atoms with Crippen LogP contribution in [0.4, 0.5) is 0 Å². The maximum Gasteiger partial charge on any atom is 0.0663 e. The summed E-state index contributed by atoms with van der Waals surface area (Å²) in [5, 5.41) is 3.54. The van der Waals surface area contributed by atoms with E-state index in [1.165, 1.54) is 44.9 Å². The number of hydrogen-bond donors (Lipinski definition) is 2. The molecule has 0 aliphatic heterocycles. The summed E-state index contributed by atoms with van der Waals surface area (Å²) in [5.41, 5.74) is 6.03. The van der Waals surface area contributed by atoms with Crippen LogP contribution in [0.5, 0.6) is 0 Å². The van der Waals surface area contributed by atoms with Gasteiger partial charge in [0.25, 0.3) is 0 Å². The molecule has 2 nitrogen and oxygen atoms in total. The third-order valence-electron chi connectivity index (χ3n) is 3.47. The average Bonchev–Trinajstić information content (AvgIpc) is 2.22. The zero-order valence-electron chi connectivity index (χ0n) is 9.89. The lowest BCUT2D eigenvalue weighted by atomic mass is 9.83. The molecule has 0 spiro atoms. The van der Waals surface area contributed by atoms with E-state index in [4.69, 9.17) is 12.2 Å². The fourth-order valence-corrected chi connectivity index (χ4v) is 2.49. The van der Waals surface area contributed by atoms with Crippen LogP contribution in [0, 0.1) is 12.3 Å². The lowest BCUT2D eigenvalue weighted by molar-refractivity contribution is 0.248. The normalized spacial score (nSPS) is 23.5. The molecule has 0 aromatic rings. The maximum absolute atomic E-state index is 5.93. The van der Waals surface area contributed by atoms with E-state index in [1.54, 1.807) is 0 Å². The summed E-state index contributed by atoms with van der Waals surface area (Å²) in [6.07, 6.45) is 14.4. The van der Waals surface area contributed by atoms with Gasteiger partial charge in [0.15, 0.2) is 0 Å². The largest absolute Gasteiger partial charge is 0.329 e. The lowest BCUT2D eigenvalue weighted by Gasteiger charge is -2.37. The van der Waals surface area contributed by atoms with Crippen LogP contribution in [0.25, 0.3) is 0 Å². The second-order valence-corrected chi connectivity index (χ2v) is 4.78. The Morgan fingerprint density at radius 3 is 2.27 bits per heavy atom. The predicted molar refractivity (Wildman–Crippen MR) is 65.5 cm³/mol. The number of nitrogens with two attached hydrogens (primary N) is 1.